The molecule has 0 aliphatic rings. The number of halogens is 3. The van der Waals surface area contributed by atoms with Crippen LogP contribution in [-0.4, -0.2) is 28.0 Å². The van der Waals surface area contributed by atoms with Crippen molar-refractivity contribution in [1.82, 2.24) is 5.32 Å². The average Bonchev–Trinajstić information content (AvgIpc) is 2.82. The molecule has 180 valence electrons. The second kappa shape index (κ2) is 10.2. The van der Waals surface area contributed by atoms with Crippen LogP contribution in [0, 0.1) is 0 Å². The Morgan fingerprint density at radius 1 is 1.00 bits per heavy atom. The molecule has 0 bridgehead atoms. The first-order chi connectivity index (χ1) is 16.0. The van der Waals surface area contributed by atoms with E-state index >= 15 is 0 Å². The highest BCUT2D eigenvalue weighted by molar-refractivity contribution is 7.92. The Balaban J connectivity index is 1.92. The molecule has 0 saturated heterocycles. The number of hydrogen-bond donors (Lipinski definition) is 1. The normalized spacial score (nSPS) is 12.6. The van der Waals surface area contributed by atoms with Crippen molar-refractivity contribution in [3.63, 3.8) is 0 Å². The topological polar surface area (TPSA) is 75.7 Å². The highest BCUT2D eigenvalue weighted by atomic mass is 32.2. The van der Waals surface area contributed by atoms with Crippen molar-refractivity contribution in [2.24, 2.45) is 0 Å². The van der Waals surface area contributed by atoms with Crippen LogP contribution in [0.3, 0.4) is 0 Å². The van der Waals surface area contributed by atoms with Crippen molar-refractivity contribution >= 4 is 21.6 Å². The highest BCUT2D eigenvalue weighted by Crippen LogP contribution is 2.33. The molecule has 0 heterocycles. The fourth-order valence-electron chi connectivity index (χ4n) is 3.27. The van der Waals surface area contributed by atoms with Crippen LogP contribution in [0.5, 0.6) is 5.75 Å². The van der Waals surface area contributed by atoms with Gasteiger partial charge in [0, 0.05) is 0 Å². The lowest BCUT2D eigenvalue weighted by Gasteiger charge is -2.26. The zero-order valence-corrected chi connectivity index (χ0v) is 19.2. The van der Waals surface area contributed by atoms with Crippen LogP contribution in [0.15, 0.2) is 83.8 Å². The zero-order chi connectivity index (χ0) is 24.9. The number of carbonyl (C=O) groups excluding carboxylic acids is 1. The maximum atomic E-state index is 13.3. The van der Waals surface area contributed by atoms with E-state index in [0.29, 0.717) is 16.1 Å². The molecule has 0 spiro atoms. The van der Waals surface area contributed by atoms with Crippen molar-refractivity contribution in [3.8, 4) is 5.75 Å². The lowest BCUT2D eigenvalue weighted by molar-refractivity contribution is -0.137. The molecule has 1 atom stereocenters. The van der Waals surface area contributed by atoms with Gasteiger partial charge in [-0.2, -0.15) is 13.2 Å². The Morgan fingerprint density at radius 2 is 1.65 bits per heavy atom. The summed E-state index contributed by atoms with van der Waals surface area (Å²) in [6.07, 6.45) is -4.68. The summed E-state index contributed by atoms with van der Waals surface area (Å²) in [5.74, 6) is -0.0489. The predicted octanol–water partition coefficient (Wildman–Crippen LogP) is 4.79. The van der Waals surface area contributed by atoms with Crippen molar-refractivity contribution < 1.29 is 31.1 Å². The molecule has 1 N–H and O–H groups in total. The van der Waals surface area contributed by atoms with Gasteiger partial charge in [-0.25, -0.2) is 8.42 Å². The Kier molecular flexibility index (Phi) is 7.51. The summed E-state index contributed by atoms with van der Waals surface area (Å²) in [7, 11) is -2.81. The molecule has 0 radical (unpaired) electrons. The number of anilines is 1. The molecule has 1 amide bonds. The van der Waals surface area contributed by atoms with Gasteiger partial charge in [0.25, 0.3) is 10.0 Å². The third kappa shape index (κ3) is 5.88. The monoisotopic (exact) mass is 492 g/mol. The zero-order valence-electron chi connectivity index (χ0n) is 18.4. The molecule has 0 aromatic heterocycles. The first-order valence-electron chi connectivity index (χ1n) is 10.2. The van der Waals surface area contributed by atoms with Crippen LogP contribution in [0.25, 0.3) is 0 Å². The Labute approximate surface area is 196 Å². The van der Waals surface area contributed by atoms with Crippen molar-refractivity contribution in [1.29, 1.82) is 0 Å². The molecule has 0 aliphatic carbocycles. The molecule has 0 saturated carbocycles. The van der Waals surface area contributed by atoms with E-state index in [4.69, 9.17) is 4.74 Å². The van der Waals surface area contributed by atoms with E-state index in [0.717, 1.165) is 17.7 Å². The summed E-state index contributed by atoms with van der Waals surface area (Å²) in [5.41, 5.74) is -0.554. The van der Waals surface area contributed by atoms with E-state index in [1.807, 2.05) is 0 Å². The van der Waals surface area contributed by atoms with Crippen LogP contribution in [0.4, 0.5) is 18.9 Å². The Hall–Kier alpha value is -3.53. The van der Waals surface area contributed by atoms with Crippen molar-refractivity contribution in [2.45, 2.75) is 24.0 Å². The van der Waals surface area contributed by atoms with Crippen LogP contribution in [0.2, 0.25) is 0 Å². The van der Waals surface area contributed by atoms with Gasteiger partial charge in [-0.05, 0) is 55.0 Å². The molecular formula is C24H23F3N2O4S. The number of alkyl halides is 3. The number of rotatable bonds is 8. The summed E-state index contributed by atoms with van der Waals surface area (Å²) < 4.78 is 72.2. The van der Waals surface area contributed by atoms with Gasteiger partial charge in [-0.1, -0.05) is 36.4 Å². The number of hydrogen-bond acceptors (Lipinski definition) is 4. The molecule has 3 rings (SSSR count). The smallest absolute Gasteiger partial charge is 0.416 e. The highest BCUT2D eigenvalue weighted by Gasteiger charge is 2.33. The molecule has 34 heavy (non-hydrogen) atoms. The lowest BCUT2D eigenvalue weighted by Crippen LogP contribution is -2.41. The minimum atomic E-state index is -4.68. The van der Waals surface area contributed by atoms with Crippen LogP contribution in [-0.2, 0) is 21.0 Å². The quantitative estimate of drug-likeness (QED) is 0.491. The van der Waals surface area contributed by atoms with Crippen molar-refractivity contribution in [2.75, 3.05) is 18.0 Å². The number of amides is 1. The molecule has 0 fully saturated rings. The lowest BCUT2D eigenvalue weighted by atomic mass is 10.1. The van der Waals surface area contributed by atoms with Gasteiger partial charge in [0.1, 0.15) is 12.3 Å². The molecule has 10 heteroatoms. The van der Waals surface area contributed by atoms with E-state index in [2.05, 4.69) is 5.32 Å². The summed E-state index contributed by atoms with van der Waals surface area (Å²) in [4.78, 5) is 12.7. The molecule has 0 aliphatic heterocycles. The van der Waals surface area contributed by atoms with Crippen LogP contribution in [0.1, 0.15) is 24.1 Å². The molecular weight excluding hydrogens is 469 g/mol. The van der Waals surface area contributed by atoms with Crippen molar-refractivity contribution in [3.05, 3.63) is 90.0 Å². The summed E-state index contributed by atoms with van der Waals surface area (Å²) >= 11 is 0. The number of nitrogens with zero attached hydrogens (tertiary/aromatic N) is 1. The van der Waals surface area contributed by atoms with Gasteiger partial charge in [-0.3, -0.25) is 9.10 Å². The first-order valence-corrected chi connectivity index (χ1v) is 11.6. The SMILES string of the molecule is COc1ccc([C@@H](C)NC(=O)CN(c2cccc(C(F)(F)F)c2)S(=O)(=O)c2ccccc2)cc1. The minimum Gasteiger partial charge on any atom is -0.497 e. The van der Waals surface area contributed by atoms with Gasteiger partial charge in [-0.15, -0.1) is 0 Å². The number of ether oxygens (including phenoxy) is 1. The van der Waals surface area contributed by atoms with Gasteiger partial charge in [0.2, 0.25) is 5.91 Å². The Bertz CT molecular complexity index is 1230. The number of benzene rings is 3. The summed E-state index contributed by atoms with van der Waals surface area (Å²) in [6, 6.07) is 17.5. The second-order valence-electron chi connectivity index (χ2n) is 7.44. The molecule has 3 aromatic rings. The summed E-state index contributed by atoms with van der Waals surface area (Å²) in [6.45, 7) is 0.999. The van der Waals surface area contributed by atoms with E-state index in [1.165, 1.54) is 37.4 Å². The van der Waals surface area contributed by atoms with E-state index in [-0.39, 0.29) is 10.6 Å². The minimum absolute atomic E-state index is 0.150. The maximum Gasteiger partial charge on any atom is 0.416 e. The van der Waals surface area contributed by atoms with Gasteiger partial charge >= 0.3 is 6.18 Å². The standard InChI is InChI=1S/C24H23F3N2O4S/c1-17(18-11-13-21(33-2)14-12-18)28-23(30)16-29(34(31,32)22-9-4-3-5-10-22)20-8-6-7-19(15-20)24(25,26)27/h3-15,17H,16H2,1-2H3,(H,28,30)/t17-/m1/s1. The number of nitrogens with one attached hydrogen (secondary N) is 1. The van der Waals surface area contributed by atoms with E-state index < -0.39 is 40.3 Å². The average molecular weight is 493 g/mol. The third-order valence-electron chi connectivity index (χ3n) is 5.07. The number of sulfonamides is 1. The predicted molar refractivity (Wildman–Crippen MR) is 122 cm³/mol. The van der Waals surface area contributed by atoms with Gasteiger partial charge in [0.05, 0.1) is 29.3 Å². The van der Waals surface area contributed by atoms with Crippen LogP contribution < -0.4 is 14.4 Å². The van der Waals surface area contributed by atoms with Gasteiger partial charge < -0.3 is 10.1 Å². The molecule has 0 unspecified atom stereocenters. The second-order valence-corrected chi connectivity index (χ2v) is 9.30. The number of carbonyl (C=O) groups is 1. The van der Waals surface area contributed by atoms with Crippen LogP contribution >= 0.6 is 0 Å². The summed E-state index contributed by atoms with van der Waals surface area (Å²) in [5, 5.41) is 2.69. The first kappa shape index (κ1) is 25.1. The van der Waals surface area contributed by atoms with E-state index in [9.17, 15) is 26.4 Å². The van der Waals surface area contributed by atoms with E-state index in [1.54, 1.807) is 37.3 Å². The number of methoxy groups -OCH3 is 1. The molecule has 6 nitrogen and oxygen atoms in total. The maximum absolute atomic E-state index is 13.3. The molecule has 3 aromatic carbocycles. The Morgan fingerprint density at radius 3 is 2.24 bits per heavy atom. The van der Waals surface area contributed by atoms with Gasteiger partial charge in [0.15, 0.2) is 0 Å². The fourth-order valence-corrected chi connectivity index (χ4v) is 4.70. The largest absolute Gasteiger partial charge is 0.497 e. The third-order valence-corrected chi connectivity index (χ3v) is 6.86. The fraction of sp³-hybridized carbons (Fsp3) is 0.208.